The Labute approximate surface area is 154 Å². The fourth-order valence-electron chi connectivity index (χ4n) is 3.02. The van der Waals surface area contributed by atoms with Crippen LogP contribution in [0, 0.1) is 28.1 Å². The summed E-state index contributed by atoms with van der Waals surface area (Å²) in [7, 11) is 0. The second-order valence-electron chi connectivity index (χ2n) is 6.10. The number of ether oxygens (including phenoxy) is 1. The van der Waals surface area contributed by atoms with E-state index in [0.717, 1.165) is 11.1 Å². The molecule has 0 fully saturated rings. The largest absolute Gasteiger partial charge is 0.427 e. The maximum Gasteiger partial charge on any atom is 0.308 e. The van der Waals surface area contributed by atoms with Crippen molar-refractivity contribution in [1.82, 2.24) is 0 Å². The molecule has 0 saturated carbocycles. The zero-order valence-electron chi connectivity index (χ0n) is 14.7. The zero-order valence-corrected chi connectivity index (χ0v) is 14.7. The van der Waals surface area contributed by atoms with Gasteiger partial charge in [-0.2, -0.15) is 10.5 Å². The van der Waals surface area contributed by atoms with Crippen LogP contribution in [0.2, 0.25) is 0 Å². The van der Waals surface area contributed by atoms with Crippen molar-refractivity contribution in [3.8, 4) is 17.9 Å². The zero-order chi connectivity index (χ0) is 19.0. The number of allylic oxidation sites excluding steroid dienone is 1. The Morgan fingerprint density at radius 2 is 1.77 bits per heavy atom. The van der Waals surface area contributed by atoms with Gasteiger partial charge in [0.15, 0.2) is 5.41 Å². The fraction of sp³-hybridized carbons (Fsp3) is 0.227. The highest BCUT2D eigenvalue weighted by atomic mass is 16.5. The van der Waals surface area contributed by atoms with E-state index >= 15 is 0 Å². The molecule has 0 aromatic heterocycles. The molecule has 130 valence electrons. The lowest BCUT2D eigenvalue weighted by Crippen LogP contribution is -2.28. The van der Waals surface area contributed by atoms with E-state index in [0.29, 0.717) is 12.2 Å². The number of benzene rings is 2. The lowest BCUT2D eigenvalue weighted by atomic mass is 9.69. The van der Waals surface area contributed by atoms with Crippen LogP contribution in [0.3, 0.4) is 0 Å². The highest BCUT2D eigenvalue weighted by Gasteiger charge is 2.40. The highest BCUT2D eigenvalue weighted by Crippen LogP contribution is 2.41. The van der Waals surface area contributed by atoms with Crippen LogP contribution >= 0.6 is 0 Å². The van der Waals surface area contributed by atoms with Crippen molar-refractivity contribution < 1.29 is 9.53 Å². The van der Waals surface area contributed by atoms with E-state index < -0.39 is 11.4 Å². The molecule has 2 aromatic rings. The Morgan fingerprint density at radius 1 is 1.15 bits per heavy atom. The highest BCUT2D eigenvalue weighted by molar-refractivity contribution is 5.69. The molecule has 4 nitrogen and oxygen atoms in total. The van der Waals surface area contributed by atoms with Crippen molar-refractivity contribution in [1.29, 1.82) is 10.5 Å². The summed E-state index contributed by atoms with van der Waals surface area (Å²) in [5.41, 5.74) is 0.541. The van der Waals surface area contributed by atoms with Gasteiger partial charge in [0.05, 0.1) is 12.1 Å². The van der Waals surface area contributed by atoms with Crippen LogP contribution < -0.4 is 4.74 Å². The standard InChI is InChI=1S/C22H20N2O2/c1-3-7-21(19-8-5-4-6-9-19)22(15-23,16-24)14-18-10-12-20(13-11-18)26-17(2)25/h3-6,8-13,21H,1,7,14H2,2H3. The smallest absolute Gasteiger partial charge is 0.308 e. The lowest BCUT2D eigenvalue weighted by molar-refractivity contribution is -0.131. The molecule has 0 aliphatic heterocycles. The Kier molecular flexibility index (Phi) is 6.31. The molecule has 0 N–H and O–H groups in total. The SMILES string of the molecule is C=CCC(c1ccccc1)C(C#N)(C#N)Cc1ccc(OC(C)=O)cc1. The molecule has 2 rings (SSSR count). The van der Waals surface area contributed by atoms with Crippen LogP contribution in [0.15, 0.2) is 67.3 Å². The van der Waals surface area contributed by atoms with E-state index in [1.807, 2.05) is 30.3 Å². The molecule has 1 atom stereocenters. The van der Waals surface area contributed by atoms with Gasteiger partial charge in [-0.15, -0.1) is 6.58 Å². The third-order valence-corrected chi connectivity index (χ3v) is 4.27. The molecular weight excluding hydrogens is 324 g/mol. The van der Waals surface area contributed by atoms with Gasteiger partial charge in [-0.3, -0.25) is 4.79 Å². The average Bonchev–Trinajstić information content (AvgIpc) is 2.66. The Balaban J connectivity index is 2.36. The van der Waals surface area contributed by atoms with Gasteiger partial charge in [-0.05, 0) is 29.7 Å². The summed E-state index contributed by atoms with van der Waals surface area (Å²) < 4.78 is 5.03. The van der Waals surface area contributed by atoms with E-state index in [-0.39, 0.29) is 12.3 Å². The molecule has 0 bridgehead atoms. The van der Waals surface area contributed by atoms with Crippen LogP contribution in [0.25, 0.3) is 0 Å². The Morgan fingerprint density at radius 3 is 2.27 bits per heavy atom. The summed E-state index contributed by atoms with van der Waals surface area (Å²) in [6, 6.07) is 21.0. The summed E-state index contributed by atoms with van der Waals surface area (Å²) >= 11 is 0. The fourth-order valence-corrected chi connectivity index (χ4v) is 3.02. The van der Waals surface area contributed by atoms with Crippen molar-refractivity contribution in [3.63, 3.8) is 0 Å². The number of nitriles is 2. The number of hydrogen-bond donors (Lipinski definition) is 0. The molecule has 2 aromatic carbocycles. The Bertz CT molecular complexity index is 828. The van der Waals surface area contributed by atoms with Gasteiger partial charge in [0.1, 0.15) is 5.75 Å². The molecule has 0 aliphatic carbocycles. The molecule has 26 heavy (non-hydrogen) atoms. The van der Waals surface area contributed by atoms with Crippen molar-refractivity contribution in [2.24, 2.45) is 5.41 Å². The van der Waals surface area contributed by atoms with E-state index in [1.54, 1.807) is 30.3 Å². The van der Waals surface area contributed by atoms with Crippen LogP contribution in [-0.2, 0) is 11.2 Å². The van der Waals surface area contributed by atoms with Crippen molar-refractivity contribution in [3.05, 3.63) is 78.4 Å². The van der Waals surface area contributed by atoms with Gasteiger partial charge in [-0.1, -0.05) is 48.5 Å². The van der Waals surface area contributed by atoms with Crippen LogP contribution in [0.5, 0.6) is 5.75 Å². The van der Waals surface area contributed by atoms with Crippen molar-refractivity contribution in [2.45, 2.75) is 25.7 Å². The lowest BCUT2D eigenvalue weighted by Gasteiger charge is -2.29. The normalized spacial score (nSPS) is 11.7. The molecule has 1 unspecified atom stereocenters. The summed E-state index contributed by atoms with van der Waals surface area (Å²) in [4.78, 5) is 11.0. The molecule has 0 amide bonds. The first kappa shape index (κ1) is 19.0. The van der Waals surface area contributed by atoms with Gasteiger partial charge in [-0.25, -0.2) is 0 Å². The molecular formula is C22H20N2O2. The molecule has 0 heterocycles. The minimum absolute atomic E-state index is 0.272. The monoisotopic (exact) mass is 344 g/mol. The minimum atomic E-state index is -1.22. The number of nitrogens with zero attached hydrogens (tertiary/aromatic N) is 2. The summed E-state index contributed by atoms with van der Waals surface area (Å²) in [5, 5.41) is 19.8. The van der Waals surface area contributed by atoms with Gasteiger partial charge in [0.25, 0.3) is 0 Å². The third-order valence-electron chi connectivity index (χ3n) is 4.27. The predicted molar refractivity (Wildman–Crippen MR) is 99.1 cm³/mol. The van der Waals surface area contributed by atoms with E-state index in [1.165, 1.54) is 6.92 Å². The number of carbonyl (C=O) groups excluding carboxylic acids is 1. The summed E-state index contributed by atoms with van der Waals surface area (Å²) in [6.07, 6.45) is 2.54. The van der Waals surface area contributed by atoms with Crippen LogP contribution in [-0.4, -0.2) is 5.97 Å². The first-order chi connectivity index (χ1) is 12.5. The minimum Gasteiger partial charge on any atom is -0.427 e. The maximum atomic E-state index is 11.0. The van der Waals surface area contributed by atoms with E-state index in [4.69, 9.17) is 4.74 Å². The molecule has 0 aliphatic rings. The number of esters is 1. The summed E-state index contributed by atoms with van der Waals surface area (Å²) in [6.45, 7) is 5.12. The van der Waals surface area contributed by atoms with Crippen molar-refractivity contribution in [2.75, 3.05) is 0 Å². The average molecular weight is 344 g/mol. The number of rotatable bonds is 7. The van der Waals surface area contributed by atoms with Crippen molar-refractivity contribution >= 4 is 5.97 Å². The number of carbonyl (C=O) groups is 1. The third kappa shape index (κ3) is 4.37. The molecule has 0 saturated heterocycles. The summed E-state index contributed by atoms with van der Waals surface area (Å²) in [5.74, 6) is -0.243. The molecule has 0 radical (unpaired) electrons. The second kappa shape index (κ2) is 8.65. The van der Waals surface area contributed by atoms with Gasteiger partial charge >= 0.3 is 5.97 Å². The quantitative estimate of drug-likeness (QED) is 0.419. The second-order valence-corrected chi connectivity index (χ2v) is 6.10. The van der Waals surface area contributed by atoms with Gasteiger partial charge in [0, 0.05) is 19.3 Å². The first-order valence-electron chi connectivity index (χ1n) is 8.30. The van der Waals surface area contributed by atoms with Crippen LogP contribution in [0.1, 0.15) is 30.4 Å². The molecule has 4 heteroatoms. The molecule has 0 spiro atoms. The van der Waals surface area contributed by atoms with E-state index in [2.05, 4.69) is 18.7 Å². The topological polar surface area (TPSA) is 73.9 Å². The number of hydrogen-bond acceptors (Lipinski definition) is 4. The van der Waals surface area contributed by atoms with E-state index in [9.17, 15) is 15.3 Å². The first-order valence-corrected chi connectivity index (χ1v) is 8.30. The van der Waals surface area contributed by atoms with Crippen LogP contribution in [0.4, 0.5) is 0 Å². The predicted octanol–water partition coefficient (Wildman–Crippen LogP) is 4.55. The maximum absolute atomic E-state index is 11.0. The van der Waals surface area contributed by atoms with Gasteiger partial charge in [0.2, 0.25) is 0 Å². The van der Waals surface area contributed by atoms with Gasteiger partial charge < -0.3 is 4.74 Å². The Hall–Kier alpha value is -3.37.